The Labute approximate surface area is 176 Å². The van der Waals surface area contributed by atoms with Crippen molar-refractivity contribution in [2.75, 3.05) is 5.32 Å². The van der Waals surface area contributed by atoms with Crippen molar-refractivity contribution >= 4 is 38.3 Å². The summed E-state index contributed by atoms with van der Waals surface area (Å²) in [7, 11) is 0. The third kappa shape index (κ3) is 4.06. The number of anilines is 1. The molecule has 0 fully saturated rings. The van der Waals surface area contributed by atoms with Crippen molar-refractivity contribution in [2.24, 2.45) is 0 Å². The number of amides is 1. The second-order valence-electron chi connectivity index (χ2n) is 6.39. The first-order chi connectivity index (χ1) is 13.6. The summed E-state index contributed by atoms with van der Waals surface area (Å²) in [6, 6.07) is 25.6. The molecule has 0 saturated carbocycles. The standard InChI is InChI=1S/C23H17BrN2OS/c1-15-7-9-17(10-8-15)21-20(16-11-13-19(24)14-12-16)25-23(28-21)26-22(27)18-5-3-2-4-6-18/h2-14H,1H3,(H,25,26,27). The Kier molecular flexibility index (Phi) is 5.37. The number of carbonyl (C=O) groups is 1. The van der Waals surface area contributed by atoms with Gasteiger partial charge in [0.1, 0.15) is 0 Å². The minimum atomic E-state index is -0.160. The molecule has 0 aliphatic carbocycles. The number of benzene rings is 3. The van der Waals surface area contributed by atoms with Crippen LogP contribution in [-0.2, 0) is 0 Å². The van der Waals surface area contributed by atoms with E-state index in [2.05, 4.69) is 52.4 Å². The van der Waals surface area contributed by atoms with Crippen molar-refractivity contribution < 1.29 is 4.79 Å². The van der Waals surface area contributed by atoms with Crippen LogP contribution in [0.5, 0.6) is 0 Å². The van der Waals surface area contributed by atoms with E-state index in [1.807, 2.05) is 42.5 Å². The van der Waals surface area contributed by atoms with Crippen LogP contribution in [0.3, 0.4) is 0 Å². The van der Waals surface area contributed by atoms with E-state index in [-0.39, 0.29) is 5.91 Å². The largest absolute Gasteiger partial charge is 0.298 e. The fourth-order valence-corrected chi connectivity index (χ4v) is 4.09. The zero-order valence-corrected chi connectivity index (χ0v) is 17.5. The number of carbonyl (C=O) groups excluding carboxylic acids is 1. The lowest BCUT2D eigenvalue weighted by molar-refractivity contribution is 0.102. The molecule has 0 aliphatic heterocycles. The fourth-order valence-electron chi connectivity index (χ4n) is 2.84. The van der Waals surface area contributed by atoms with Gasteiger partial charge in [-0.3, -0.25) is 10.1 Å². The number of nitrogens with one attached hydrogen (secondary N) is 1. The molecule has 0 unspecified atom stereocenters. The predicted octanol–water partition coefficient (Wildman–Crippen LogP) is 6.80. The molecule has 5 heteroatoms. The van der Waals surface area contributed by atoms with Gasteiger partial charge in [-0.2, -0.15) is 0 Å². The normalized spacial score (nSPS) is 10.6. The third-order valence-corrected chi connectivity index (χ3v) is 5.86. The zero-order valence-electron chi connectivity index (χ0n) is 15.1. The molecule has 28 heavy (non-hydrogen) atoms. The van der Waals surface area contributed by atoms with Crippen LogP contribution in [0.1, 0.15) is 15.9 Å². The molecule has 1 N–H and O–H groups in total. The number of hydrogen-bond donors (Lipinski definition) is 1. The van der Waals surface area contributed by atoms with Gasteiger partial charge >= 0.3 is 0 Å². The summed E-state index contributed by atoms with van der Waals surface area (Å²) in [5, 5.41) is 3.53. The van der Waals surface area contributed by atoms with E-state index in [1.54, 1.807) is 12.1 Å². The smallest absolute Gasteiger partial charge is 0.257 e. The summed E-state index contributed by atoms with van der Waals surface area (Å²) in [6.45, 7) is 2.07. The summed E-state index contributed by atoms with van der Waals surface area (Å²) < 4.78 is 1.01. The quantitative estimate of drug-likeness (QED) is 0.372. The van der Waals surface area contributed by atoms with Crippen molar-refractivity contribution in [3.8, 4) is 21.7 Å². The topological polar surface area (TPSA) is 42.0 Å². The van der Waals surface area contributed by atoms with Gasteiger partial charge in [0.2, 0.25) is 0 Å². The van der Waals surface area contributed by atoms with Gasteiger partial charge in [0, 0.05) is 15.6 Å². The molecular weight excluding hydrogens is 432 g/mol. The van der Waals surface area contributed by atoms with Crippen LogP contribution in [0.25, 0.3) is 21.7 Å². The molecule has 3 aromatic carbocycles. The molecule has 3 nitrogen and oxygen atoms in total. The zero-order chi connectivity index (χ0) is 19.5. The minimum absolute atomic E-state index is 0.160. The van der Waals surface area contributed by atoms with Gasteiger partial charge in [0.25, 0.3) is 5.91 Å². The van der Waals surface area contributed by atoms with Gasteiger partial charge in [0.15, 0.2) is 5.13 Å². The molecule has 4 aromatic rings. The van der Waals surface area contributed by atoms with E-state index in [4.69, 9.17) is 4.98 Å². The molecular formula is C23H17BrN2OS. The van der Waals surface area contributed by atoms with E-state index < -0.39 is 0 Å². The first-order valence-corrected chi connectivity index (χ1v) is 10.4. The first-order valence-electron chi connectivity index (χ1n) is 8.80. The summed E-state index contributed by atoms with van der Waals surface area (Å²) in [5.41, 5.74) is 4.78. The molecule has 138 valence electrons. The number of hydrogen-bond acceptors (Lipinski definition) is 3. The Balaban J connectivity index is 1.74. The SMILES string of the molecule is Cc1ccc(-c2sc(NC(=O)c3ccccc3)nc2-c2ccc(Br)cc2)cc1. The van der Waals surface area contributed by atoms with Crippen molar-refractivity contribution in [3.63, 3.8) is 0 Å². The molecule has 0 bridgehead atoms. The Bertz CT molecular complexity index is 1040. The Morgan fingerprint density at radius 2 is 1.54 bits per heavy atom. The van der Waals surface area contributed by atoms with Crippen LogP contribution in [0.2, 0.25) is 0 Å². The first kappa shape index (κ1) is 18.6. The molecule has 0 atom stereocenters. The molecule has 1 heterocycles. The summed E-state index contributed by atoms with van der Waals surface area (Å²) in [5.74, 6) is -0.160. The summed E-state index contributed by atoms with van der Waals surface area (Å²) >= 11 is 4.96. The number of nitrogens with zero attached hydrogens (tertiary/aromatic N) is 1. The van der Waals surface area contributed by atoms with Crippen LogP contribution in [-0.4, -0.2) is 10.9 Å². The molecule has 4 rings (SSSR count). The van der Waals surface area contributed by atoms with Crippen LogP contribution >= 0.6 is 27.3 Å². The van der Waals surface area contributed by atoms with Crippen LogP contribution < -0.4 is 5.32 Å². The average Bonchev–Trinajstić information content (AvgIpc) is 3.13. The lowest BCUT2D eigenvalue weighted by Gasteiger charge is -2.03. The predicted molar refractivity (Wildman–Crippen MR) is 120 cm³/mol. The highest BCUT2D eigenvalue weighted by atomic mass is 79.9. The molecule has 1 amide bonds. The Morgan fingerprint density at radius 3 is 2.21 bits per heavy atom. The number of aromatic nitrogens is 1. The fraction of sp³-hybridized carbons (Fsp3) is 0.0435. The lowest BCUT2D eigenvalue weighted by atomic mass is 10.1. The summed E-state index contributed by atoms with van der Waals surface area (Å²) in [4.78, 5) is 18.3. The lowest BCUT2D eigenvalue weighted by Crippen LogP contribution is -2.11. The van der Waals surface area contributed by atoms with Gasteiger partial charge in [-0.15, -0.1) is 0 Å². The van der Waals surface area contributed by atoms with Crippen molar-refractivity contribution in [3.05, 3.63) is 94.5 Å². The van der Waals surface area contributed by atoms with Gasteiger partial charge in [-0.05, 0) is 36.8 Å². The van der Waals surface area contributed by atoms with Crippen molar-refractivity contribution in [1.29, 1.82) is 0 Å². The number of halogens is 1. The second-order valence-corrected chi connectivity index (χ2v) is 8.30. The van der Waals surface area contributed by atoms with Crippen LogP contribution in [0.4, 0.5) is 5.13 Å². The van der Waals surface area contributed by atoms with E-state index in [1.165, 1.54) is 16.9 Å². The number of thiazole rings is 1. The second kappa shape index (κ2) is 8.09. The van der Waals surface area contributed by atoms with Gasteiger partial charge in [-0.25, -0.2) is 4.98 Å². The molecule has 0 spiro atoms. The van der Waals surface area contributed by atoms with Crippen molar-refractivity contribution in [1.82, 2.24) is 4.98 Å². The van der Waals surface area contributed by atoms with Gasteiger partial charge in [0.05, 0.1) is 10.6 Å². The minimum Gasteiger partial charge on any atom is -0.298 e. The van der Waals surface area contributed by atoms with Crippen molar-refractivity contribution in [2.45, 2.75) is 6.92 Å². The molecule has 1 aromatic heterocycles. The third-order valence-electron chi connectivity index (χ3n) is 4.32. The highest BCUT2D eigenvalue weighted by Gasteiger charge is 2.17. The van der Waals surface area contributed by atoms with Crippen LogP contribution in [0, 0.1) is 6.92 Å². The van der Waals surface area contributed by atoms with E-state index in [0.717, 1.165) is 26.2 Å². The average molecular weight is 449 g/mol. The van der Waals surface area contributed by atoms with E-state index in [9.17, 15) is 4.79 Å². The summed E-state index contributed by atoms with van der Waals surface area (Å²) in [6.07, 6.45) is 0. The molecule has 0 saturated heterocycles. The maximum absolute atomic E-state index is 12.5. The molecule has 0 radical (unpaired) electrons. The number of rotatable bonds is 4. The number of aryl methyl sites for hydroxylation is 1. The van der Waals surface area contributed by atoms with E-state index in [0.29, 0.717) is 10.7 Å². The van der Waals surface area contributed by atoms with E-state index >= 15 is 0 Å². The molecule has 0 aliphatic rings. The monoisotopic (exact) mass is 448 g/mol. The van der Waals surface area contributed by atoms with Gasteiger partial charge < -0.3 is 0 Å². The Morgan fingerprint density at radius 1 is 0.893 bits per heavy atom. The highest BCUT2D eigenvalue weighted by molar-refractivity contribution is 9.10. The highest BCUT2D eigenvalue weighted by Crippen LogP contribution is 2.39. The maximum atomic E-state index is 12.5. The maximum Gasteiger partial charge on any atom is 0.257 e. The van der Waals surface area contributed by atoms with Crippen LogP contribution in [0.15, 0.2) is 83.3 Å². The Hall–Kier alpha value is -2.76. The van der Waals surface area contributed by atoms with Gasteiger partial charge in [-0.1, -0.05) is 87.4 Å².